The molecule has 0 aliphatic carbocycles. The molecule has 0 atom stereocenters. The summed E-state index contributed by atoms with van der Waals surface area (Å²) in [6, 6.07) is 0. The van der Waals surface area contributed by atoms with Gasteiger partial charge in [-0.2, -0.15) is 0 Å². The van der Waals surface area contributed by atoms with Gasteiger partial charge in [0.2, 0.25) is 5.91 Å². The van der Waals surface area contributed by atoms with E-state index >= 15 is 0 Å². The van der Waals surface area contributed by atoms with Crippen LogP contribution in [0.15, 0.2) is 0 Å². The number of rotatable bonds is 5. The summed E-state index contributed by atoms with van der Waals surface area (Å²) in [6.07, 6.45) is 0. The molecule has 0 aliphatic rings. The zero-order valence-corrected chi connectivity index (χ0v) is 7.98. The Morgan fingerprint density at radius 1 is 1.40 bits per heavy atom. The van der Waals surface area contributed by atoms with E-state index in [-0.39, 0.29) is 5.91 Å². The van der Waals surface area contributed by atoms with E-state index in [1.54, 1.807) is 21.6 Å². The third-order valence-corrected chi connectivity index (χ3v) is 3.11. The van der Waals surface area contributed by atoms with Gasteiger partial charge in [-0.1, -0.05) is 28.5 Å². The Bertz CT molecular complexity index is 97.7. The van der Waals surface area contributed by atoms with Crippen LogP contribution in [0.2, 0.25) is 0 Å². The normalized spacial score (nSPS) is 9.40. The first-order chi connectivity index (χ1) is 4.81. The summed E-state index contributed by atoms with van der Waals surface area (Å²) in [4.78, 5) is 10.8. The van der Waals surface area contributed by atoms with Crippen molar-refractivity contribution in [3.63, 3.8) is 0 Å². The molecule has 4 heteroatoms. The predicted octanol–water partition coefficient (Wildman–Crippen LogP) is 1.52. The lowest BCUT2D eigenvalue weighted by atomic mass is 10.6. The molecule has 1 N–H and O–H groups in total. The van der Waals surface area contributed by atoms with Crippen LogP contribution in [0, 0.1) is 0 Å². The zero-order chi connectivity index (χ0) is 7.82. The van der Waals surface area contributed by atoms with Crippen LogP contribution in [0.25, 0.3) is 0 Å². The van der Waals surface area contributed by atoms with Crippen LogP contribution in [-0.2, 0) is 4.79 Å². The van der Waals surface area contributed by atoms with E-state index in [1.807, 2.05) is 6.92 Å². The monoisotopic (exact) mass is 179 g/mol. The van der Waals surface area contributed by atoms with Crippen LogP contribution in [0.3, 0.4) is 0 Å². The highest BCUT2D eigenvalue weighted by atomic mass is 33.1. The average molecular weight is 179 g/mol. The molecule has 10 heavy (non-hydrogen) atoms. The maximum Gasteiger partial charge on any atom is 0.230 e. The van der Waals surface area contributed by atoms with Gasteiger partial charge in [0.05, 0.1) is 5.75 Å². The molecule has 0 fully saturated rings. The van der Waals surface area contributed by atoms with E-state index in [2.05, 4.69) is 12.2 Å². The molecular weight excluding hydrogens is 166 g/mol. The molecule has 0 aliphatic heterocycles. The Morgan fingerprint density at radius 2 is 2.10 bits per heavy atom. The first kappa shape index (κ1) is 10.2. The second kappa shape index (κ2) is 7.28. The maximum absolute atomic E-state index is 10.8. The van der Waals surface area contributed by atoms with Gasteiger partial charge in [0.1, 0.15) is 0 Å². The zero-order valence-electron chi connectivity index (χ0n) is 6.35. The Labute approximate surface area is 69.9 Å². The third-order valence-electron chi connectivity index (χ3n) is 0.765. The van der Waals surface area contributed by atoms with Crippen molar-refractivity contribution in [1.82, 2.24) is 5.32 Å². The quantitative estimate of drug-likeness (QED) is 0.512. The van der Waals surface area contributed by atoms with E-state index in [0.29, 0.717) is 5.75 Å². The second-order valence-corrected chi connectivity index (χ2v) is 4.37. The molecule has 2 nitrogen and oxygen atoms in total. The van der Waals surface area contributed by atoms with Crippen LogP contribution in [0.1, 0.15) is 13.8 Å². The maximum atomic E-state index is 10.8. The smallest absolute Gasteiger partial charge is 0.230 e. The van der Waals surface area contributed by atoms with E-state index in [9.17, 15) is 4.79 Å². The van der Waals surface area contributed by atoms with Gasteiger partial charge in [-0.05, 0) is 6.92 Å². The van der Waals surface area contributed by atoms with Crippen molar-refractivity contribution in [2.75, 3.05) is 18.1 Å². The highest BCUT2D eigenvalue weighted by molar-refractivity contribution is 8.76. The fourth-order valence-electron chi connectivity index (χ4n) is 0.427. The van der Waals surface area contributed by atoms with Crippen LogP contribution in [0.5, 0.6) is 0 Å². The summed E-state index contributed by atoms with van der Waals surface area (Å²) < 4.78 is 0. The van der Waals surface area contributed by atoms with Gasteiger partial charge in [0.25, 0.3) is 0 Å². The lowest BCUT2D eigenvalue weighted by Crippen LogP contribution is -2.24. The van der Waals surface area contributed by atoms with Crippen LogP contribution >= 0.6 is 21.6 Å². The molecule has 0 saturated heterocycles. The molecule has 1 amide bonds. The minimum atomic E-state index is 0.133. The van der Waals surface area contributed by atoms with E-state index in [4.69, 9.17) is 0 Å². The van der Waals surface area contributed by atoms with Gasteiger partial charge in [-0.25, -0.2) is 0 Å². The molecular formula is C6H13NOS2. The first-order valence-corrected chi connectivity index (χ1v) is 5.81. The fraction of sp³-hybridized carbons (Fsp3) is 0.833. The van der Waals surface area contributed by atoms with Crippen molar-refractivity contribution in [1.29, 1.82) is 0 Å². The molecule has 0 rings (SSSR count). The van der Waals surface area contributed by atoms with Crippen LogP contribution in [-0.4, -0.2) is 24.0 Å². The topological polar surface area (TPSA) is 29.1 Å². The molecule has 0 aromatic heterocycles. The number of nitrogens with one attached hydrogen (secondary N) is 1. The minimum Gasteiger partial charge on any atom is -0.356 e. The lowest BCUT2D eigenvalue weighted by Gasteiger charge is -1.98. The molecule has 0 bridgehead atoms. The molecule has 0 saturated carbocycles. The molecule has 0 heterocycles. The number of amides is 1. The minimum absolute atomic E-state index is 0.133. The van der Waals surface area contributed by atoms with E-state index in [0.717, 1.165) is 12.3 Å². The molecule has 60 valence electrons. The highest BCUT2D eigenvalue weighted by Gasteiger charge is 1.97. The van der Waals surface area contributed by atoms with Crippen molar-refractivity contribution in [2.24, 2.45) is 0 Å². The first-order valence-electron chi connectivity index (χ1n) is 3.32. The molecule has 0 unspecified atom stereocenters. The summed E-state index contributed by atoms with van der Waals surface area (Å²) in [7, 11) is 3.32. The SMILES string of the molecule is CCNC(=O)CSSCC. The molecule has 0 aromatic carbocycles. The van der Waals surface area contributed by atoms with E-state index in [1.165, 1.54) is 0 Å². The second-order valence-electron chi connectivity index (χ2n) is 1.62. The van der Waals surface area contributed by atoms with Gasteiger partial charge in [0, 0.05) is 12.3 Å². The molecule has 0 spiro atoms. The summed E-state index contributed by atoms with van der Waals surface area (Å²) in [5.41, 5.74) is 0. The summed E-state index contributed by atoms with van der Waals surface area (Å²) in [5, 5.41) is 2.73. The number of carbonyl (C=O) groups excluding carboxylic acids is 1. The lowest BCUT2D eigenvalue weighted by molar-refractivity contribution is -0.118. The Kier molecular flexibility index (Phi) is 7.40. The van der Waals surface area contributed by atoms with Crippen molar-refractivity contribution in [3.8, 4) is 0 Å². The van der Waals surface area contributed by atoms with Gasteiger partial charge in [-0.3, -0.25) is 4.79 Å². The standard InChI is InChI=1S/C6H13NOS2/c1-3-7-6(8)5-10-9-4-2/h3-5H2,1-2H3,(H,7,8). The third kappa shape index (κ3) is 6.29. The number of carbonyl (C=O) groups is 1. The van der Waals surface area contributed by atoms with Crippen molar-refractivity contribution in [3.05, 3.63) is 0 Å². The highest BCUT2D eigenvalue weighted by Crippen LogP contribution is 2.19. The van der Waals surface area contributed by atoms with Gasteiger partial charge in [0.15, 0.2) is 0 Å². The van der Waals surface area contributed by atoms with E-state index < -0.39 is 0 Å². The van der Waals surface area contributed by atoms with Crippen molar-refractivity contribution in [2.45, 2.75) is 13.8 Å². The van der Waals surface area contributed by atoms with Crippen LogP contribution in [0.4, 0.5) is 0 Å². The van der Waals surface area contributed by atoms with Gasteiger partial charge < -0.3 is 5.32 Å². The summed E-state index contributed by atoms with van der Waals surface area (Å²) in [6.45, 7) is 4.74. The summed E-state index contributed by atoms with van der Waals surface area (Å²) >= 11 is 0. The Morgan fingerprint density at radius 3 is 2.60 bits per heavy atom. The predicted molar refractivity (Wildman–Crippen MR) is 49.3 cm³/mol. The van der Waals surface area contributed by atoms with Gasteiger partial charge in [-0.15, -0.1) is 0 Å². The Balaban J connectivity index is 3.05. The fourth-order valence-corrected chi connectivity index (χ4v) is 1.96. The number of hydrogen-bond acceptors (Lipinski definition) is 3. The van der Waals surface area contributed by atoms with Gasteiger partial charge >= 0.3 is 0 Å². The average Bonchev–Trinajstić information content (AvgIpc) is 1.89. The van der Waals surface area contributed by atoms with Crippen molar-refractivity contribution < 1.29 is 4.79 Å². The molecule has 0 aromatic rings. The summed E-state index contributed by atoms with van der Waals surface area (Å²) in [5.74, 6) is 1.77. The number of hydrogen-bond donors (Lipinski definition) is 1. The largest absolute Gasteiger partial charge is 0.356 e. The van der Waals surface area contributed by atoms with Crippen molar-refractivity contribution >= 4 is 27.5 Å². The van der Waals surface area contributed by atoms with Crippen LogP contribution < -0.4 is 5.32 Å². The Hall–Kier alpha value is 0.170. The molecule has 0 radical (unpaired) electrons.